The van der Waals surface area contributed by atoms with Gasteiger partial charge in [0.1, 0.15) is 17.5 Å². The Bertz CT molecular complexity index is 1170. The number of amides is 1. The van der Waals surface area contributed by atoms with E-state index in [1.165, 1.54) is 13.8 Å². The molecule has 0 fully saturated rings. The molecule has 2 aromatic carbocycles. The lowest BCUT2D eigenvalue weighted by Gasteiger charge is -2.21. The van der Waals surface area contributed by atoms with Crippen LogP contribution in [0.15, 0.2) is 54.6 Å². The summed E-state index contributed by atoms with van der Waals surface area (Å²) in [7, 11) is 1.62. The topological polar surface area (TPSA) is 73.7 Å². The molecule has 0 spiro atoms. The first kappa shape index (κ1) is 22.6. The summed E-state index contributed by atoms with van der Waals surface area (Å²) in [4.78, 5) is 28.0. The molecule has 32 heavy (non-hydrogen) atoms. The molecule has 0 N–H and O–H groups in total. The summed E-state index contributed by atoms with van der Waals surface area (Å²) in [5, 5.41) is 5.62. The Hall–Kier alpha value is -4.05. The number of carbonyl (C=O) groups excluding carboxylic acids is 2. The van der Waals surface area contributed by atoms with Crippen LogP contribution in [-0.2, 0) is 14.4 Å². The summed E-state index contributed by atoms with van der Waals surface area (Å²) in [6.45, 7) is 6.26. The average Bonchev–Trinajstić information content (AvgIpc) is 3.20. The zero-order chi connectivity index (χ0) is 23.3. The van der Waals surface area contributed by atoms with Gasteiger partial charge in [0.15, 0.2) is 0 Å². The SMILES string of the molecule is COc1ccc(-n2nc(C#CC(C)N(OC(C)=O)C(C)=O)cc2-c2ccc(C)cc2)cc1. The van der Waals surface area contributed by atoms with Crippen LogP contribution >= 0.6 is 0 Å². The monoisotopic (exact) mass is 431 g/mol. The minimum absolute atomic E-state index is 0.411. The van der Waals surface area contributed by atoms with E-state index >= 15 is 0 Å². The van der Waals surface area contributed by atoms with E-state index in [1.54, 1.807) is 14.0 Å². The molecule has 7 nitrogen and oxygen atoms in total. The first-order valence-electron chi connectivity index (χ1n) is 10.1. The van der Waals surface area contributed by atoms with Crippen LogP contribution in [-0.4, -0.2) is 39.9 Å². The zero-order valence-corrected chi connectivity index (χ0v) is 18.7. The molecule has 7 heteroatoms. The highest BCUT2D eigenvalue weighted by Crippen LogP contribution is 2.25. The lowest BCUT2D eigenvalue weighted by molar-refractivity contribution is -0.199. The number of aromatic nitrogens is 2. The molecule has 0 bridgehead atoms. The lowest BCUT2D eigenvalue weighted by atomic mass is 10.1. The van der Waals surface area contributed by atoms with Gasteiger partial charge in [-0.1, -0.05) is 35.7 Å². The molecule has 1 unspecified atom stereocenters. The first-order chi connectivity index (χ1) is 15.3. The van der Waals surface area contributed by atoms with E-state index < -0.39 is 17.9 Å². The summed E-state index contributed by atoms with van der Waals surface area (Å²) in [5.41, 5.74) is 4.40. The highest BCUT2D eigenvalue weighted by atomic mass is 16.7. The molecular weight excluding hydrogens is 406 g/mol. The fourth-order valence-corrected chi connectivity index (χ4v) is 3.08. The summed E-state index contributed by atoms with van der Waals surface area (Å²) in [6.07, 6.45) is 0. The van der Waals surface area contributed by atoms with Gasteiger partial charge in [0.25, 0.3) is 5.91 Å². The summed E-state index contributed by atoms with van der Waals surface area (Å²) < 4.78 is 7.07. The van der Waals surface area contributed by atoms with Gasteiger partial charge in [0, 0.05) is 25.5 Å². The van der Waals surface area contributed by atoms with Gasteiger partial charge in [-0.05, 0) is 44.0 Å². The number of ether oxygens (including phenoxy) is 1. The second-order valence-electron chi connectivity index (χ2n) is 7.26. The predicted octanol–water partition coefficient (Wildman–Crippen LogP) is 3.92. The summed E-state index contributed by atoms with van der Waals surface area (Å²) >= 11 is 0. The van der Waals surface area contributed by atoms with Crippen molar-refractivity contribution >= 4 is 11.9 Å². The quantitative estimate of drug-likeness (QED) is 0.462. The van der Waals surface area contributed by atoms with Crippen LogP contribution in [0.4, 0.5) is 0 Å². The molecule has 0 radical (unpaired) electrons. The largest absolute Gasteiger partial charge is 0.497 e. The van der Waals surface area contributed by atoms with Gasteiger partial charge >= 0.3 is 5.97 Å². The fraction of sp³-hybridized carbons (Fsp3) is 0.240. The van der Waals surface area contributed by atoms with E-state index in [1.807, 2.05) is 66.2 Å². The van der Waals surface area contributed by atoms with Gasteiger partial charge < -0.3 is 9.57 Å². The van der Waals surface area contributed by atoms with Gasteiger partial charge in [-0.2, -0.15) is 10.2 Å². The molecule has 1 heterocycles. The maximum atomic E-state index is 11.8. The average molecular weight is 431 g/mol. The van der Waals surface area contributed by atoms with E-state index in [0.29, 0.717) is 5.69 Å². The van der Waals surface area contributed by atoms with Crippen LogP contribution in [0.1, 0.15) is 32.0 Å². The van der Waals surface area contributed by atoms with Gasteiger partial charge in [-0.25, -0.2) is 4.68 Å². The van der Waals surface area contributed by atoms with Gasteiger partial charge in [-0.3, -0.25) is 9.59 Å². The Labute approximate surface area is 187 Å². The van der Waals surface area contributed by atoms with Crippen molar-refractivity contribution in [2.75, 3.05) is 7.11 Å². The number of methoxy groups -OCH3 is 1. The third-order valence-corrected chi connectivity index (χ3v) is 4.67. The first-order valence-corrected chi connectivity index (χ1v) is 10.1. The molecule has 0 aliphatic rings. The van der Waals surface area contributed by atoms with Crippen molar-refractivity contribution in [3.8, 4) is 34.5 Å². The minimum Gasteiger partial charge on any atom is -0.497 e. The van der Waals surface area contributed by atoms with E-state index in [9.17, 15) is 9.59 Å². The molecule has 1 aromatic heterocycles. The maximum absolute atomic E-state index is 11.8. The Balaban J connectivity index is 2.01. The normalized spacial score (nSPS) is 11.2. The van der Waals surface area contributed by atoms with E-state index in [2.05, 4.69) is 16.9 Å². The Morgan fingerprint density at radius 1 is 1.06 bits per heavy atom. The Morgan fingerprint density at radius 3 is 2.28 bits per heavy atom. The Kier molecular flexibility index (Phi) is 6.96. The molecular formula is C25H25N3O4. The highest BCUT2D eigenvalue weighted by molar-refractivity contribution is 5.76. The predicted molar refractivity (Wildman–Crippen MR) is 121 cm³/mol. The standard InChI is InChI=1S/C25H25N3O4/c1-17-6-9-21(10-7-17)25-16-22(11-8-18(2)28(19(3)29)32-20(4)30)26-27(25)23-12-14-24(31-5)15-13-23/h6-7,9-10,12-16,18H,1-5H3. The third kappa shape index (κ3) is 5.35. The zero-order valence-electron chi connectivity index (χ0n) is 18.7. The molecule has 0 saturated carbocycles. The van der Waals surface area contributed by atoms with Crippen LogP contribution in [0, 0.1) is 18.8 Å². The molecule has 3 aromatic rings. The number of rotatable bonds is 4. The molecule has 0 aliphatic carbocycles. The van der Waals surface area contributed by atoms with Crippen LogP contribution in [0.25, 0.3) is 16.9 Å². The smallest absolute Gasteiger partial charge is 0.329 e. The van der Waals surface area contributed by atoms with Crippen molar-refractivity contribution < 1.29 is 19.2 Å². The number of nitrogens with zero attached hydrogens (tertiary/aromatic N) is 3. The number of carbonyl (C=O) groups is 2. The number of aryl methyl sites for hydroxylation is 1. The molecule has 1 amide bonds. The van der Waals surface area contributed by atoms with Crippen LogP contribution in [0.5, 0.6) is 5.75 Å². The molecule has 3 rings (SSSR count). The van der Waals surface area contributed by atoms with Crippen molar-refractivity contribution in [2.45, 2.75) is 33.7 Å². The van der Waals surface area contributed by atoms with Gasteiger partial charge in [-0.15, -0.1) is 0 Å². The van der Waals surface area contributed by atoms with Gasteiger partial charge in [0.2, 0.25) is 0 Å². The van der Waals surface area contributed by atoms with Crippen molar-refractivity contribution in [3.63, 3.8) is 0 Å². The molecule has 164 valence electrons. The third-order valence-electron chi connectivity index (χ3n) is 4.67. The second kappa shape index (κ2) is 9.84. The van der Waals surface area contributed by atoms with E-state index in [4.69, 9.17) is 9.57 Å². The summed E-state index contributed by atoms with van der Waals surface area (Å²) in [5.74, 6) is 5.69. The second-order valence-corrected chi connectivity index (χ2v) is 7.26. The van der Waals surface area contributed by atoms with Crippen molar-refractivity contribution in [2.24, 2.45) is 0 Å². The summed E-state index contributed by atoms with van der Waals surface area (Å²) in [6, 6.07) is 17.0. The maximum Gasteiger partial charge on any atom is 0.329 e. The molecule has 0 aliphatic heterocycles. The molecule has 0 saturated heterocycles. The van der Waals surface area contributed by atoms with Crippen molar-refractivity contribution in [1.29, 1.82) is 0 Å². The lowest BCUT2D eigenvalue weighted by Crippen LogP contribution is -2.37. The highest BCUT2D eigenvalue weighted by Gasteiger charge is 2.18. The van der Waals surface area contributed by atoms with Crippen LogP contribution < -0.4 is 4.74 Å². The van der Waals surface area contributed by atoms with Crippen molar-refractivity contribution in [1.82, 2.24) is 14.8 Å². The van der Waals surface area contributed by atoms with Crippen LogP contribution in [0.3, 0.4) is 0 Å². The Morgan fingerprint density at radius 2 is 1.72 bits per heavy atom. The minimum atomic E-state index is -0.634. The van der Waals surface area contributed by atoms with Crippen LogP contribution in [0.2, 0.25) is 0 Å². The van der Waals surface area contributed by atoms with Crippen molar-refractivity contribution in [3.05, 3.63) is 65.9 Å². The number of hydroxylamine groups is 2. The number of benzene rings is 2. The fourth-order valence-electron chi connectivity index (χ4n) is 3.08. The number of hydrogen-bond donors (Lipinski definition) is 0. The van der Waals surface area contributed by atoms with E-state index in [-0.39, 0.29) is 0 Å². The number of hydrogen-bond acceptors (Lipinski definition) is 5. The van der Waals surface area contributed by atoms with Gasteiger partial charge in [0.05, 0.1) is 18.5 Å². The molecule has 1 atom stereocenters. The van der Waals surface area contributed by atoms with E-state index in [0.717, 1.165) is 33.3 Å².